The van der Waals surface area contributed by atoms with Crippen molar-refractivity contribution < 1.29 is 9.18 Å². The van der Waals surface area contributed by atoms with Crippen LogP contribution in [0.4, 0.5) is 4.39 Å². The maximum absolute atomic E-state index is 12.6. The van der Waals surface area contributed by atoms with Crippen LogP contribution in [0.15, 0.2) is 18.3 Å². The smallest absolute Gasteiger partial charge is 0.252 e. The van der Waals surface area contributed by atoms with Crippen molar-refractivity contribution in [1.29, 1.82) is 0 Å². The molecule has 1 atom stereocenters. The summed E-state index contributed by atoms with van der Waals surface area (Å²) in [5, 5.41) is 2.85. The van der Waals surface area contributed by atoms with Gasteiger partial charge in [-0.05, 0) is 45.0 Å². The van der Waals surface area contributed by atoms with Crippen LogP contribution in [0.3, 0.4) is 0 Å². The zero-order valence-electron chi connectivity index (χ0n) is 10.5. The first-order valence-corrected chi connectivity index (χ1v) is 6.30. The van der Waals surface area contributed by atoms with E-state index in [1.807, 2.05) is 0 Å². The van der Waals surface area contributed by atoms with E-state index in [4.69, 9.17) is 0 Å². The molecule has 0 aliphatic carbocycles. The van der Waals surface area contributed by atoms with Gasteiger partial charge >= 0.3 is 0 Å². The Kier molecular flexibility index (Phi) is 4.25. The van der Waals surface area contributed by atoms with Gasteiger partial charge in [0.25, 0.3) is 5.91 Å². The lowest BCUT2D eigenvalue weighted by molar-refractivity contribution is 0.0940. The van der Waals surface area contributed by atoms with Crippen molar-refractivity contribution in [3.05, 3.63) is 29.8 Å². The number of aromatic nitrogens is 1. The van der Waals surface area contributed by atoms with Crippen molar-refractivity contribution in [2.45, 2.75) is 25.8 Å². The third kappa shape index (κ3) is 3.26. The molecule has 1 N–H and O–H groups in total. The summed E-state index contributed by atoms with van der Waals surface area (Å²) in [6.07, 6.45) is 3.73. The van der Waals surface area contributed by atoms with E-state index in [1.54, 1.807) is 0 Å². The van der Waals surface area contributed by atoms with Crippen molar-refractivity contribution in [1.82, 2.24) is 15.2 Å². The Balaban J connectivity index is 1.82. The van der Waals surface area contributed by atoms with Crippen LogP contribution in [0.1, 0.15) is 30.1 Å². The normalized spacial score (nSPS) is 17.7. The molecule has 4 nitrogen and oxygen atoms in total. The van der Waals surface area contributed by atoms with Crippen LogP contribution in [0, 0.1) is 5.95 Å². The maximum Gasteiger partial charge on any atom is 0.252 e. The second kappa shape index (κ2) is 5.91. The standard InChI is InChI=1S/C13H18FN3O/c1-10(17-6-2-3-7-17)8-16-13(18)11-4-5-12(14)15-9-11/h4-5,9-10H,2-3,6-8H2,1H3,(H,16,18). The number of halogens is 1. The van der Waals surface area contributed by atoms with Crippen LogP contribution in [-0.2, 0) is 0 Å². The zero-order chi connectivity index (χ0) is 13.0. The molecule has 1 fully saturated rings. The van der Waals surface area contributed by atoms with Gasteiger partial charge in [-0.1, -0.05) is 0 Å². The van der Waals surface area contributed by atoms with Crippen LogP contribution in [0.2, 0.25) is 0 Å². The monoisotopic (exact) mass is 251 g/mol. The SMILES string of the molecule is CC(CNC(=O)c1ccc(F)nc1)N1CCCC1. The number of amides is 1. The van der Waals surface area contributed by atoms with Crippen molar-refractivity contribution in [3.63, 3.8) is 0 Å². The number of hydrogen-bond acceptors (Lipinski definition) is 3. The Labute approximate surface area is 106 Å². The Morgan fingerprint density at radius 2 is 2.22 bits per heavy atom. The molecule has 5 heteroatoms. The lowest BCUT2D eigenvalue weighted by Crippen LogP contribution is -2.40. The fourth-order valence-electron chi connectivity index (χ4n) is 2.16. The number of carbonyl (C=O) groups is 1. The first kappa shape index (κ1) is 13.0. The highest BCUT2D eigenvalue weighted by atomic mass is 19.1. The van der Waals surface area contributed by atoms with E-state index in [9.17, 15) is 9.18 Å². The van der Waals surface area contributed by atoms with Crippen molar-refractivity contribution in [2.24, 2.45) is 0 Å². The molecule has 1 aromatic heterocycles. The Morgan fingerprint density at radius 1 is 1.50 bits per heavy atom. The highest BCUT2D eigenvalue weighted by Crippen LogP contribution is 2.10. The van der Waals surface area contributed by atoms with Gasteiger partial charge in [-0.15, -0.1) is 0 Å². The number of hydrogen-bond donors (Lipinski definition) is 1. The lowest BCUT2D eigenvalue weighted by Gasteiger charge is -2.23. The summed E-state index contributed by atoms with van der Waals surface area (Å²) in [6, 6.07) is 2.97. The average molecular weight is 251 g/mol. The summed E-state index contributed by atoms with van der Waals surface area (Å²) in [5.41, 5.74) is 0.394. The van der Waals surface area contributed by atoms with Crippen molar-refractivity contribution >= 4 is 5.91 Å². The van der Waals surface area contributed by atoms with Gasteiger partial charge in [0.05, 0.1) is 5.56 Å². The van der Waals surface area contributed by atoms with Gasteiger partial charge in [-0.25, -0.2) is 4.98 Å². The molecule has 1 aliphatic rings. The maximum atomic E-state index is 12.6. The van der Waals surface area contributed by atoms with E-state index in [1.165, 1.54) is 31.2 Å². The van der Waals surface area contributed by atoms with Gasteiger partial charge in [-0.3, -0.25) is 9.69 Å². The van der Waals surface area contributed by atoms with Crippen LogP contribution in [-0.4, -0.2) is 41.5 Å². The second-order valence-corrected chi connectivity index (χ2v) is 4.67. The Bertz CT molecular complexity index is 401. The van der Waals surface area contributed by atoms with Crippen molar-refractivity contribution in [2.75, 3.05) is 19.6 Å². The number of nitrogens with zero attached hydrogens (tertiary/aromatic N) is 2. The van der Waals surface area contributed by atoms with Gasteiger partial charge in [0.2, 0.25) is 5.95 Å². The number of rotatable bonds is 4. The predicted octanol–water partition coefficient (Wildman–Crippen LogP) is 1.43. The van der Waals surface area contributed by atoms with Gasteiger partial charge in [0.15, 0.2) is 0 Å². The molecule has 0 aromatic carbocycles. The highest BCUT2D eigenvalue weighted by Gasteiger charge is 2.18. The average Bonchev–Trinajstić information content (AvgIpc) is 2.90. The molecule has 0 saturated carbocycles. The molecule has 0 radical (unpaired) electrons. The molecule has 1 aromatic rings. The fourth-order valence-corrected chi connectivity index (χ4v) is 2.16. The minimum absolute atomic E-state index is 0.200. The molecule has 0 spiro atoms. The molecule has 2 rings (SSSR count). The van der Waals surface area contributed by atoms with Gasteiger partial charge < -0.3 is 5.32 Å². The molecule has 18 heavy (non-hydrogen) atoms. The van der Waals surface area contributed by atoms with E-state index in [0.717, 1.165) is 13.1 Å². The minimum atomic E-state index is -0.572. The van der Waals surface area contributed by atoms with Crippen LogP contribution < -0.4 is 5.32 Å². The molecule has 2 heterocycles. The summed E-state index contributed by atoms with van der Waals surface area (Å²) in [4.78, 5) is 17.6. The first-order valence-electron chi connectivity index (χ1n) is 6.30. The van der Waals surface area contributed by atoms with E-state index in [2.05, 4.69) is 22.1 Å². The Hall–Kier alpha value is -1.49. The first-order chi connectivity index (χ1) is 8.66. The second-order valence-electron chi connectivity index (χ2n) is 4.67. The molecule has 1 saturated heterocycles. The van der Waals surface area contributed by atoms with Gasteiger partial charge in [0, 0.05) is 18.8 Å². The van der Waals surface area contributed by atoms with E-state index in [0.29, 0.717) is 18.2 Å². The largest absolute Gasteiger partial charge is 0.350 e. The molecule has 98 valence electrons. The Morgan fingerprint density at radius 3 is 2.83 bits per heavy atom. The van der Waals surface area contributed by atoms with Crippen LogP contribution >= 0.6 is 0 Å². The van der Waals surface area contributed by atoms with Crippen LogP contribution in [0.5, 0.6) is 0 Å². The lowest BCUT2D eigenvalue weighted by atomic mass is 10.2. The number of nitrogens with one attached hydrogen (secondary N) is 1. The summed E-state index contributed by atoms with van der Waals surface area (Å²) in [5.74, 6) is -0.773. The van der Waals surface area contributed by atoms with Crippen molar-refractivity contribution in [3.8, 4) is 0 Å². The van der Waals surface area contributed by atoms with E-state index >= 15 is 0 Å². The summed E-state index contributed by atoms with van der Waals surface area (Å²) >= 11 is 0. The van der Waals surface area contributed by atoms with Gasteiger partial charge in [-0.2, -0.15) is 4.39 Å². The quantitative estimate of drug-likeness (QED) is 0.823. The minimum Gasteiger partial charge on any atom is -0.350 e. The molecule has 1 aliphatic heterocycles. The number of carbonyl (C=O) groups excluding carboxylic acids is 1. The molecule has 1 amide bonds. The fraction of sp³-hybridized carbons (Fsp3) is 0.538. The highest BCUT2D eigenvalue weighted by molar-refractivity contribution is 5.93. The third-order valence-corrected chi connectivity index (χ3v) is 3.31. The van der Waals surface area contributed by atoms with Gasteiger partial charge in [0.1, 0.15) is 0 Å². The summed E-state index contributed by atoms with van der Waals surface area (Å²) in [6.45, 7) is 4.93. The molecule has 0 bridgehead atoms. The molecule has 1 unspecified atom stereocenters. The molecular formula is C13H18FN3O. The topological polar surface area (TPSA) is 45.2 Å². The van der Waals surface area contributed by atoms with Crippen LogP contribution in [0.25, 0.3) is 0 Å². The molecular weight excluding hydrogens is 233 g/mol. The number of pyridine rings is 1. The number of likely N-dealkylation sites (tertiary alicyclic amines) is 1. The van der Waals surface area contributed by atoms with E-state index < -0.39 is 5.95 Å². The van der Waals surface area contributed by atoms with E-state index in [-0.39, 0.29) is 5.91 Å². The zero-order valence-corrected chi connectivity index (χ0v) is 10.5. The summed E-state index contributed by atoms with van der Waals surface area (Å²) in [7, 11) is 0. The third-order valence-electron chi connectivity index (χ3n) is 3.31. The predicted molar refractivity (Wildman–Crippen MR) is 66.8 cm³/mol. The summed E-state index contributed by atoms with van der Waals surface area (Å²) < 4.78 is 12.6.